The Balaban J connectivity index is 1.57. The highest BCUT2D eigenvalue weighted by molar-refractivity contribution is 7.89. The molecule has 4 aromatic rings. The molecule has 8 heteroatoms. The average Bonchev–Trinajstić information content (AvgIpc) is 3.12. The number of carbonyl (C=O) groups is 1. The van der Waals surface area contributed by atoms with Gasteiger partial charge in [-0.3, -0.25) is 4.79 Å². The summed E-state index contributed by atoms with van der Waals surface area (Å²) in [7, 11) is -3.90. The van der Waals surface area contributed by atoms with Crippen LogP contribution in [0.5, 0.6) is 0 Å². The Labute approximate surface area is 167 Å². The van der Waals surface area contributed by atoms with Crippen molar-refractivity contribution in [3.8, 4) is 11.4 Å². The summed E-state index contributed by atoms with van der Waals surface area (Å²) in [4.78, 5) is 20.4. The summed E-state index contributed by atoms with van der Waals surface area (Å²) in [6.45, 7) is 1.55. The molecule has 0 unspecified atom stereocenters. The number of imidazole rings is 1. The molecule has 29 heavy (non-hydrogen) atoms. The van der Waals surface area contributed by atoms with Crippen molar-refractivity contribution in [2.75, 3.05) is 5.32 Å². The first-order valence-electron chi connectivity index (χ1n) is 8.82. The van der Waals surface area contributed by atoms with E-state index >= 15 is 0 Å². The smallest absolute Gasteiger partial charge is 0.255 e. The third-order valence-electron chi connectivity index (χ3n) is 4.64. The van der Waals surface area contributed by atoms with Crippen molar-refractivity contribution in [3.63, 3.8) is 0 Å². The van der Waals surface area contributed by atoms with Crippen LogP contribution in [0.25, 0.3) is 22.4 Å². The number of rotatable bonds is 4. The van der Waals surface area contributed by atoms with Gasteiger partial charge in [0.25, 0.3) is 5.91 Å². The summed E-state index contributed by atoms with van der Waals surface area (Å²) < 4.78 is 23.3. The van der Waals surface area contributed by atoms with Gasteiger partial charge < -0.3 is 10.3 Å². The van der Waals surface area contributed by atoms with Crippen molar-refractivity contribution in [3.05, 3.63) is 77.9 Å². The summed E-state index contributed by atoms with van der Waals surface area (Å²) in [6.07, 6.45) is 0. The number of amides is 1. The van der Waals surface area contributed by atoms with Crippen LogP contribution in [0.4, 0.5) is 5.69 Å². The molecule has 0 bridgehead atoms. The Morgan fingerprint density at radius 2 is 1.72 bits per heavy atom. The van der Waals surface area contributed by atoms with Gasteiger partial charge in [0, 0.05) is 16.8 Å². The molecule has 1 aromatic heterocycles. The van der Waals surface area contributed by atoms with E-state index in [1.807, 2.05) is 36.4 Å². The molecule has 0 aliphatic carbocycles. The van der Waals surface area contributed by atoms with Crippen LogP contribution in [0.1, 0.15) is 15.9 Å². The molecule has 0 radical (unpaired) electrons. The monoisotopic (exact) mass is 406 g/mol. The van der Waals surface area contributed by atoms with E-state index in [0.29, 0.717) is 11.3 Å². The predicted octanol–water partition coefficient (Wildman–Crippen LogP) is 3.44. The Bertz CT molecular complexity index is 1290. The number of hydrogen-bond donors (Lipinski definition) is 3. The first kappa shape index (κ1) is 18.9. The molecule has 0 fully saturated rings. The number of primary sulfonamides is 1. The maximum Gasteiger partial charge on any atom is 0.255 e. The van der Waals surface area contributed by atoms with Crippen molar-refractivity contribution in [2.45, 2.75) is 11.8 Å². The van der Waals surface area contributed by atoms with Gasteiger partial charge in [0.2, 0.25) is 10.0 Å². The summed E-state index contributed by atoms with van der Waals surface area (Å²) in [5.74, 6) is 0.324. The van der Waals surface area contributed by atoms with Crippen LogP contribution in [-0.2, 0) is 10.0 Å². The molecule has 4 N–H and O–H groups in total. The fourth-order valence-corrected chi connectivity index (χ4v) is 3.97. The van der Waals surface area contributed by atoms with Crippen molar-refractivity contribution in [2.24, 2.45) is 5.14 Å². The molecule has 0 atom stereocenters. The highest BCUT2D eigenvalue weighted by Gasteiger charge is 2.18. The van der Waals surface area contributed by atoms with Crippen LogP contribution in [0.15, 0.2) is 71.6 Å². The SMILES string of the molecule is Cc1c(C(=O)Nc2ccc(-c3nc4ccccc4[nH]3)cc2)cccc1S(N)(=O)=O. The van der Waals surface area contributed by atoms with E-state index in [1.54, 1.807) is 25.1 Å². The molecule has 0 saturated carbocycles. The lowest BCUT2D eigenvalue weighted by Crippen LogP contribution is -2.18. The second-order valence-corrected chi connectivity index (χ2v) is 8.14. The van der Waals surface area contributed by atoms with Crippen molar-refractivity contribution < 1.29 is 13.2 Å². The fourth-order valence-electron chi connectivity index (χ4n) is 3.17. The molecule has 3 aromatic carbocycles. The minimum atomic E-state index is -3.90. The number of hydrogen-bond acceptors (Lipinski definition) is 4. The number of nitrogens with one attached hydrogen (secondary N) is 2. The van der Waals surface area contributed by atoms with E-state index in [2.05, 4.69) is 15.3 Å². The largest absolute Gasteiger partial charge is 0.338 e. The highest BCUT2D eigenvalue weighted by atomic mass is 32.2. The van der Waals surface area contributed by atoms with Gasteiger partial charge in [-0.05, 0) is 61.0 Å². The lowest BCUT2D eigenvalue weighted by molar-refractivity contribution is 0.102. The first-order chi connectivity index (χ1) is 13.8. The van der Waals surface area contributed by atoms with Crippen LogP contribution in [0, 0.1) is 6.92 Å². The number of nitrogens with zero attached hydrogens (tertiary/aromatic N) is 1. The topological polar surface area (TPSA) is 118 Å². The number of para-hydroxylation sites is 2. The van der Waals surface area contributed by atoms with Crippen LogP contribution >= 0.6 is 0 Å². The van der Waals surface area contributed by atoms with Crippen molar-refractivity contribution in [1.82, 2.24) is 9.97 Å². The second kappa shape index (κ2) is 7.16. The zero-order chi connectivity index (χ0) is 20.6. The summed E-state index contributed by atoms with van der Waals surface area (Å²) in [6, 6.07) is 19.4. The van der Waals surface area contributed by atoms with E-state index in [-0.39, 0.29) is 10.5 Å². The maximum atomic E-state index is 12.6. The zero-order valence-corrected chi connectivity index (χ0v) is 16.3. The molecule has 7 nitrogen and oxygen atoms in total. The minimum Gasteiger partial charge on any atom is -0.338 e. The zero-order valence-electron chi connectivity index (χ0n) is 15.5. The Morgan fingerprint density at radius 3 is 2.41 bits per heavy atom. The highest BCUT2D eigenvalue weighted by Crippen LogP contribution is 2.23. The molecule has 1 heterocycles. The molecule has 0 aliphatic rings. The Hall–Kier alpha value is -3.49. The number of benzene rings is 3. The number of fused-ring (bicyclic) bond motifs is 1. The summed E-state index contributed by atoms with van der Waals surface area (Å²) >= 11 is 0. The molecule has 1 amide bonds. The molecule has 0 spiro atoms. The third-order valence-corrected chi connectivity index (χ3v) is 5.70. The molecule has 0 saturated heterocycles. The van der Waals surface area contributed by atoms with Gasteiger partial charge in [-0.15, -0.1) is 0 Å². The normalized spacial score (nSPS) is 11.5. The van der Waals surface area contributed by atoms with Gasteiger partial charge in [0.05, 0.1) is 15.9 Å². The number of H-pyrrole nitrogens is 1. The number of nitrogens with two attached hydrogens (primary N) is 1. The molecular weight excluding hydrogens is 388 g/mol. The number of aromatic amines is 1. The van der Waals surface area contributed by atoms with E-state index in [1.165, 1.54) is 12.1 Å². The third kappa shape index (κ3) is 3.75. The van der Waals surface area contributed by atoms with E-state index in [9.17, 15) is 13.2 Å². The number of sulfonamides is 1. The molecular formula is C21H18N4O3S. The standard InChI is InChI=1S/C21H18N4O3S/c1-13-16(5-4-8-19(13)29(22,27)28)21(26)23-15-11-9-14(10-12-15)20-24-17-6-2-3-7-18(17)25-20/h2-12H,1H3,(H,23,26)(H,24,25)(H2,22,27,28). The van der Waals surface area contributed by atoms with Crippen molar-refractivity contribution >= 4 is 32.7 Å². The lowest BCUT2D eigenvalue weighted by atomic mass is 10.1. The maximum absolute atomic E-state index is 12.6. The molecule has 146 valence electrons. The van der Waals surface area contributed by atoms with Crippen molar-refractivity contribution in [1.29, 1.82) is 0 Å². The van der Waals surface area contributed by atoms with E-state index < -0.39 is 15.9 Å². The van der Waals surface area contributed by atoms with E-state index in [0.717, 1.165) is 22.4 Å². The fraction of sp³-hybridized carbons (Fsp3) is 0.0476. The average molecular weight is 406 g/mol. The van der Waals surface area contributed by atoms with Crippen LogP contribution < -0.4 is 10.5 Å². The Morgan fingerprint density at radius 1 is 1.00 bits per heavy atom. The summed E-state index contributed by atoms with van der Waals surface area (Å²) in [5, 5.41) is 7.99. The second-order valence-electron chi connectivity index (χ2n) is 6.61. The Kier molecular flexibility index (Phi) is 4.65. The van der Waals surface area contributed by atoms with Crippen LogP contribution in [-0.4, -0.2) is 24.3 Å². The molecule has 4 rings (SSSR count). The lowest BCUT2D eigenvalue weighted by Gasteiger charge is -2.11. The van der Waals surface area contributed by atoms with Gasteiger partial charge in [-0.1, -0.05) is 18.2 Å². The van der Waals surface area contributed by atoms with Gasteiger partial charge in [0.15, 0.2) is 0 Å². The van der Waals surface area contributed by atoms with Crippen LogP contribution in [0.3, 0.4) is 0 Å². The van der Waals surface area contributed by atoms with Crippen LogP contribution in [0.2, 0.25) is 0 Å². The molecule has 0 aliphatic heterocycles. The number of carbonyl (C=O) groups excluding carboxylic acids is 1. The van der Waals surface area contributed by atoms with Gasteiger partial charge in [0.1, 0.15) is 5.82 Å². The summed E-state index contributed by atoms with van der Waals surface area (Å²) in [5.41, 5.74) is 3.85. The predicted molar refractivity (Wildman–Crippen MR) is 112 cm³/mol. The number of anilines is 1. The quantitative estimate of drug-likeness (QED) is 0.481. The van der Waals surface area contributed by atoms with Gasteiger partial charge >= 0.3 is 0 Å². The first-order valence-corrected chi connectivity index (χ1v) is 10.4. The van der Waals surface area contributed by atoms with Gasteiger partial charge in [-0.2, -0.15) is 0 Å². The minimum absolute atomic E-state index is 0.0645. The number of aromatic nitrogens is 2. The van der Waals surface area contributed by atoms with E-state index in [4.69, 9.17) is 5.14 Å². The van der Waals surface area contributed by atoms with Gasteiger partial charge in [-0.25, -0.2) is 18.5 Å².